The second-order valence-electron chi connectivity index (χ2n) is 3.02. The summed E-state index contributed by atoms with van der Waals surface area (Å²) in [6, 6.07) is 6.17. The van der Waals surface area contributed by atoms with E-state index in [1.54, 1.807) is 12.1 Å². The van der Waals surface area contributed by atoms with Crippen LogP contribution >= 0.6 is 11.8 Å². The van der Waals surface area contributed by atoms with E-state index in [9.17, 15) is 10.1 Å². The lowest BCUT2D eigenvalue weighted by Gasteiger charge is -2.02. The molecule has 0 radical (unpaired) electrons. The number of non-ortho nitro benzene ring substituents is 1. The van der Waals surface area contributed by atoms with E-state index >= 15 is 0 Å². The highest BCUT2D eigenvalue weighted by molar-refractivity contribution is 8.06. The lowest BCUT2D eigenvalue weighted by atomic mass is 10.3. The summed E-state index contributed by atoms with van der Waals surface area (Å²) in [5, 5.41) is 11.0. The smallest absolute Gasteiger partial charge is 0.269 e. The van der Waals surface area contributed by atoms with Crippen LogP contribution in [0.3, 0.4) is 0 Å². The predicted molar refractivity (Wildman–Crippen MR) is 54.8 cm³/mol. The maximum absolute atomic E-state index is 10.3. The predicted octanol–water partition coefficient (Wildman–Crippen LogP) is 2.09. The first-order valence-corrected chi connectivity index (χ1v) is 5.29. The summed E-state index contributed by atoms with van der Waals surface area (Å²) >= 11 is 1.86. The van der Waals surface area contributed by atoms with Gasteiger partial charge in [0.05, 0.1) is 4.92 Å². The average molecular weight is 211 g/mol. The van der Waals surface area contributed by atoms with Gasteiger partial charge in [0.1, 0.15) is 12.4 Å². The first kappa shape index (κ1) is 9.33. The molecular formula is C9H9NO3S. The molecule has 1 aromatic rings. The molecular weight excluding hydrogens is 202 g/mol. The summed E-state index contributed by atoms with van der Waals surface area (Å²) in [7, 11) is 0. The van der Waals surface area contributed by atoms with E-state index in [0.717, 1.165) is 5.75 Å². The third-order valence-corrected chi connectivity index (χ3v) is 2.83. The van der Waals surface area contributed by atoms with Gasteiger partial charge in [-0.15, -0.1) is 0 Å². The number of nitro benzene ring substituents is 1. The van der Waals surface area contributed by atoms with Crippen LogP contribution < -0.4 is 4.74 Å². The zero-order valence-electron chi connectivity index (χ0n) is 7.38. The van der Waals surface area contributed by atoms with Crippen LogP contribution in [0.1, 0.15) is 0 Å². The van der Waals surface area contributed by atoms with Gasteiger partial charge in [-0.25, -0.2) is 0 Å². The first-order valence-electron chi connectivity index (χ1n) is 4.24. The number of hydrogen-bond acceptors (Lipinski definition) is 4. The highest BCUT2D eigenvalue weighted by Crippen LogP contribution is 2.30. The van der Waals surface area contributed by atoms with Gasteiger partial charge in [-0.1, -0.05) is 0 Å². The van der Waals surface area contributed by atoms with E-state index in [1.807, 2.05) is 11.8 Å². The van der Waals surface area contributed by atoms with Gasteiger partial charge in [0.2, 0.25) is 0 Å². The van der Waals surface area contributed by atoms with E-state index in [-0.39, 0.29) is 5.69 Å². The summed E-state index contributed by atoms with van der Waals surface area (Å²) in [5.41, 5.74) is 0.0955. The number of hydrogen-bond donors (Lipinski definition) is 0. The molecule has 0 bridgehead atoms. The fourth-order valence-electron chi connectivity index (χ4n) is 1.02. The highest BCUT2D eigenvalue weighted by Gasteiger charge is 2.22. The topological polar surface area (TPSA) is 52.4 Å². The van der Waals surface area contributed by atoms with Gasteiger partial charge in [0.15, 0.2) is 0 Å². The first-order chi connectivity index (χ1) is 6.75. The van der Waals surface area contributed by atoms with Crippen molar-refractivity contribution in [1.82, 2.24) is 0 Å². The monoisotopic (exact) mass is 211 g/mol. The zero-order valence-corrected chi connectivity index (χ0v) is 8.20. The van der Waals surface area contributed by atoms with Crippen molar-refractivity contribution >= 4 is 17.4 Å². The molecule has 0 amide bonds. The minimum absolute atomic E-state index is 0.0955. The van der Waals surface area contributed by atoms with Crippen LogP contribution in [0.25, 0.3) is 0 Å². The van der Waals surface area contributed by atoms with Crippen molar-refractivity contribution in [2.24, 2.45) is 0 Å². The fourth-order valence-corrected chi connectivity index (χ4v) is 1.41. The molecule has 0 saturated carbocycles. The number of benzene rings is 1. The van der Waals surface area contributed by atoms with Crippen LogP contribution in [0.5, 0.6) is 5.75 Å². The van der Waals surface area contributed by atoms with Crippen molar-refractivity contribution in [2.45, 2.75) is 5.25 Å². The van der Waals surface area contributed by atoms with Crippen LogP contribution in [0.2, 0.25) is 0 Å². The molecule has 1 aliphatic heterocycles. The largest absolute Gasteiger partial charge is 0.492 e. The Morgan fingerprint density at radius 1 is 1.50 bits per heavy atom. The van der Waals surface area contributed by atoms with E-state index in [4.69, 9.17) is 4.74 Å². The lowest BCUT2D eigenvalue weighted by Crippen LogP contribution is -2.02. The highest BCUT2D eigenvalue weighted by atomic mass is 32.2. The second kappa shape index (κ2) is 3.88. The van der Waals surface area contributed by atoms with Crippen LogP contribution in [0, 0.1) is 10.1 Å². The van der Waals surface area contributed by atoms with Gasteiger partial charge in [0.25, 0.3) is 5.69 Å². The molecule has 5 heteroatoms. The summed E-state index contributed by atoms with van der Waals surface area (Å²) in [4.78, 5) is 9.93. The van der Waals surface area contributed by atoms with Gasteiger partial charge in [-0.3, -0.25) is 10.1 Å². The van der Waals surface area contributed by atoms with E-state index in [1.165, 1.54) is 12.1 Å². The Hall–Kier alpha value is -1.23. The molecule has 0 aliphatic carbocycles. The zero-order chi connectivity index (χ0) is 9.97. The Kier molecular flexibility index (Phi) is 2.58. The van der Waals surface area contributed by atoms with Crippen molar-refractivity contribution < 1.29 is 9.66 Å². The number of thioether (sulfide) groups is 1. The van der Waals surface area contributed by atoms with Gasteiger partial charge >= 0.3 is 0 Å². The molecule has 0 spiro atoms. The minimum Gasteiger partial charge on any atom is -0.492 e. The van der Waals surface area contributed by atoms with Gasteiger partial charge in [0, 0.05) is 23.1 Å². The number of nitrogens with zero attached hydrogens (tertiary/aromatic N) is 1. The second-order valence-corrected chi connectivity index (χ2v) is 4.35. The summed E-state index contributed by atoms with van der Waals surface area (Å²) < 4.78 is 5.42. The van der Waals surface area contributed by atoms with Gasteiger partial charge in [-0.2, -0.15) is 11.8 Å². The number of rotatable bonds is 4. The Bertz CT molecular complexity index is 334. The SMILES string of the molecule is O=[N+]([O-])c1ccc(OCC2CS2)cc1. The van der Waals surface area contributed by atoms with Crippen LogP contribution in [-0.4, -0.2) is 22.5 Å². The summed E-state index contributed by atoms with van der Waals surface area (Å²) in [5.74, 6) is 1.86. The van der Waals surface area contributed by atoms with Crippen molar-refractivity contribution in [3.63, 3.8) is 0 Å². The van der Waals surface area contributed by atoms with Crippen molar-refractivity contribution in [1.29, 1.82) is 0 Å². The molecule has 1 aromatic carbocycles. The Morgan fingerprint density at radius 3 is 2.64 bits per heavy atom. The standard InChI is InChI=1S/C9H9NO3S/c11-10(12)7-1-3-8(4-2-7)13-5-9-6-14-9/h1-4,9H,5-6H2. The maximum Gasteiger partial charge on any atom is 0.269 e. The third-order valence-electron chi connectivity index (χ3n) is 1.89. The number of ether oxygens (including phenoxy) is 1. The molecule has 1 heterocycles. The third kappa shape index (κ3) is 2.38. The van der Waals surface area contributed by atoms with Gasteiger partial charge in [-0.05, 0) is 12.1 Å². The van der Waals surface area contributed by atoms with Crippen molar-refractivity contribution in [3.05, 3.63) is 34.4 Å². The van der Waals surface area contributed by atoms with E-state index in [2.05, 4.69) is 0 Å². The lowest BCUT2D eigenvalue weighted by molar-refractivity contribution is -0.384. The molecule has 1 atom stereocenters. The van der Waals surface area contributed by atoms with Crippen LogP contribution in [-0.2, 0) is 0 Å². The summed E-state index contributed by atoms with van der Waals surface area (Å²) in [6.07, 6.45) is 0. The Morgan fingerprint density at radius 2 is 2.14 bits per heavy atom. The van der Waals surface area contributed by atoms with Crippen molar-refractivity contribution in [3.8, 4) is 5.75 Å². The molecule has 1 aliphatic rings. The molecule has 0 aromatic heterocycles. The molecule has 4 nitrogen and oxygen atoms in total. The molecule has 2 rings (SSSR count). The van der Waals surface area contributed by atoms with E-state index in [0.29, 0.717) is 17.6 Å². The fraction of sp³-hybridized carbons (Fsp3) is 0.333. The molecule has 0 N–H and O–H groups in total. The molecule has 74 valence electrons. The number of nitro groups is 1. The minimum atomic E-state index is -0.416. The normalized spacial score (nSPS) is 19.0. The van der Waals surface area contributed by atoms with E-state index < -0.39 is 4.92 Å². The molecule has 1 fully saturated rings. The Labute approximate surface area is 85.4 Å². The Balaban J connectivity index is 1.94. The molecule has 1 saturated heterocycles. The quantitative estimate of drug-likeness (QED) is 0.434. The van der Waals surface area contributed by atoms with Crippen LogP contribution in [0.15, 0.2) is 24.3 Å². The van der Waals surface area contributed by atoms with Crippen molar-refractivity contribution in [2.75, 3.05) is 12.4 Å². The molecule has 14 heavy (non-hydrogen) atoms. The van der Waals surface area contributed by atoms with Crippen LogP contribution in [0.4, 0.5) is 5.69 Å². The summed E-state index contributed by atoms with van der Waals surface area (Å²) in [6.45, 7) is 0.697. The molecule has 1 unspecified atom stereocenters. The van der Waals surface area contributed by atoms with Gasteiger partial charge < -0.3 is 4.74 Å². The average Bonchev–Trinajstić information content (AvgIpc) is 2.99. The maximum atomic E-state index is 10.3.